The molecule has 0 aliphatic carbocycles. The van der Waals surface area contributed by atoms with E-state index >= 15 is 0 Å². The first-order valence-corrected chi connectivity index (χ1v) is 8.58. The number of hydrogen-bond donors (Lipinski definition) is 3. The lowest BCUT2D eigenvalue weighted by atomic mass is 9.89. The van der Waals surface area contributed by atoms with Crippen molar-refractivity contribution in [2.24, 2.45) is 10.7 Å². The highest BCUT2D eigenvalue weighted by atomic mass is 35.5. The van der Waals surface area contributed by atoms with Crippen molar-refractivity contribution < 1.29 is 13.9 Å². The minimum absolute atomic E-state index is 0.0169. The van der Waals surface area contributed by atoms with Crippen molar-refractivity contribution in [1.82, 2.24) is 0 Å². The molecule has 2 atom stereocenters. The minimum Gasteiger partial charge on any atom is -0.486 e. The fraction of sp³-hybridized carbons (Fsp3) is 0.278. The fourth-order valence-electron chi connectivity index (χ4n) is 3.16. The lowest BCUT2D eigenvalue weighted by molar-refractivity contribution is 0.142. The van der Waals surface area contributed by atoms with Gasteiger partial charge < -0.3 is 20.5 Å². The standard InChI is InChI=1S/C18H18ClFN4O2/c19-13-5-10(1-2-14(13)20)18(22)12-6-15(21)17(7-16(12)23-9-24-18)26-11-3-4-25-8-11/h1-2,5-7,9,11H,3-4,8,21-22H2,(H,23,24)/t11-,18?/m0/s1. The van der Waals surface area contributed by atoms with E-state index in [-0.39, 0.29) is 11.1 Å². The van der Waals surface area contributed by atoms with Crippen LogP contribution in [-0.4, -0.2) is 25.7 Å². The van der Waals surface area contributed by atoms with E-state index in [9.17, 15) is 4.39 Å². The third-order valence-electron chi connectivity index (χ3n) is 4.59. The van der Waals surface area contributed by atoms with Gasteiger partial charge in [-0.3, -0.25) is 5.73 Å². The number of nitrogens with two attached hydrogens (primary N) is 2. The van der Waals surface area contributed by atoms with E-state index in [0.717, 1.165) is 6.42 Å². The first-order chi connectivity index (χ1) is 12.5. The largest absolute Gasteiger partial charge is 0.486 e. The molecule has 4 rings (SSSR count). The molecule has 0 radical (unpaired) electrons. The smallest absolute Gasteiger partial charge is 0.163 e. The molecule has 5 N–H and O–H groups in total. The predicted molar refractivity (Wildman–Crippen MR) is 99.2 cm³/mol. The van der Waals surface area contributed by atoms with Crippen LogP contribution >= 0.6 is 11.6 Å². The zero-order valence-electron chi connectivity index (χ0n) is 13.8. The molecule has 26 heavy (non-hydrogen) atoms. The molecule has 0 aromatic heterocycles. The normalized spacial score (nSPS) is 24.2. The number of nitrogen functional groups attached to an aromatic ring is 1. The second-order valence-electron chi connectivity index (χ2n) is 6.34. The maximum atomic E-state index is 13.5. The van der Waals surface area contributed by atoms with Gasteiger partial charge in [0.1, 0.15) is 17.7 Å². The maximum Gasteiger partial charge on any atom is 0.163 e. The molecule has 1 saturated heterocycles. The number of fused-ring (bicyclic) bond motifs is 1. The van der Waals surface area contributed by atoms with Gasteiger partial charge in [0.25, 0.3) is 0 Å². The summed E-state index contributed by atoms with van der Waals surface area (Å²) in [7, 11) is 0. The Labute approximate surface area is 154 Å². The molecule has 2 aromatic rings. The van der Waals surface area contributed by atoms with E-state index in [1.807, 2.05) is 0 Å². The number of ether oxygens (including phenoxy) is 2. The molecule has 1 fully saturated rings. The topological polar surface area (TPSA) is 94.9 Å². The Morgan fingerprint density at radius 1 is 1.35 bits per heavy atom. The van der Waals surface area contributed by atoms with E-state index in [2.05, 4.69) is 10.3 Å². The molecule has 2 aliphatic heterocycles. The van der Waals surface area contributed by atoms with Crippen LogP contribution in [0.25, 0.3) is 0 Å². The highest BCUT2D eigenvalue weighted by molar-refractivity contribution is 6.30. The number of rotatable bonds is 3. The van der Waals surface area contributed by atoms with Crippen molar-refractivity contribution in [2.75, 3.05) is 24.3 Å². The van der Waals surface area contributed by atoms with Crippen molar-refractivity contribution in [3.63, 3.8) is 0 Å². The molecular weight excluding hydrogens is 359 g/mol. The summed E-state index contributed by atoms with van der Waals surface area (Å²) in [5, 5.41) is 3.04. The van der Waals surface area contributed by atoms with Crippen LogP contribution in [0.3, 0.4) is 0 Å². The second-order valence-corrected chi connectivity index (χ2v) is 6.74. The van der Waals surface area contributed by atoms with Gasteiger partial charge in [0.2, 0.25) is 0 Å². The summed E-state index contributed by atoms with van der Waals surface area (Å²) in [5.74, 6) is 0.0423. The van der Waals surface area contributed by atoms with Gasteiger partial charge in [-0.2, -0.15) is 0 Å². The van der Waals surface area contributed by atoms with Crippen molar-refractivity contribution in [3.8, 4) is 5.75 Å². The summed E-state index contributed by atoms with van der Waals surface area (Å²) < 4.78 is 24.8. The number of nitrogens with zero attached hydrogens (tertiary/aromatic N) is 1. The summed E-state index contributed by atoms with van der Waals surface area (Å²) >= 11 is 5.92. The molecule has 136 valence electrons. The Hall–Kier alpha value is -2.35. The van der Waals surface area contributed by atoms with Crippen LogP contribution in [-0.2, 0) is 10.4 Å². The van der Waals surface area contributed by atoms with Crippen molar-refractivity contribution in [3.05, 3.63) is 52.3 Å². The fourth-order valence-corrected chi connectivity index (χ4v) is 3.34. The Kier molecular flexibility index (Phi) is 4.22. The van der Waals surface area contributed by atoms with Crippen LogP contribution in [0.15, 0.2) is 35.3 Å². The summed E-state index contributed by atoms with van der Waals surface area (Å²) in [6.07, 6.45) is 2.30. The molecule has 8 heteroatoms. The molecule has 0 saturated carbocycles. The SMILES string of the molecule is Nc1cc2c(cc1O[C@H]1CCOC1)NC=NC2(N)c1ccc(F)c(Cl)c1. The number of benzene rings is 2. The van der Waals surface area contributed by atoms with Gasteiger partial charge >= 0.3 is 0 Å². The maximum absolute atomic E-state index is 13.5. The molecule has 0 bridgehead atoms. The molecule has 0 amide bonds. The first kappa shape index (κ1) is 17.1. The summed E-state index contributed by atoms with van der Waals surface area (Å²) in [5.41, 5.74) is 13.9. The molecule has 6 nitrogen and oxygen atoms in total. The Balaban J connectivity index is 1.74. The average Bonchev–Trinajstić information content (AvgIpc) is 3.12. The zero-order chi connectivity index (χ0) is 18.3. The predicted octanol–water partition coefficient (Wildman–Crippen LogP) is 2.84. The quantitative estimate of drug-likeness (QED) is 0.716. The summed E-state index contributed by atoms with van der Waals surface area (Å²) in [6, 6.07) is 7.82. The average molecular weight is 377 g/mol. The number of halogens is 2. The van der Waals surface area contributed by atoms with Crippen LogP contribution < -0.4 is 21.5 Å². The monoisotopic (exact) mass is 376 g/mol. The van der Waals surface area contributed by atoms with Crippen molar-refractivity contribution in [2.45, 2.75) is 18.2 Å². The van der Waals surface area contributed by atoms with Gasteiger partial charge in [-0.1, -0.05) is 17.7 Å². The highest BCUT2D eigenvalue weighted by Crippen LogP contribution is 2.41. The Bertz CT molecular complexity index is 886. The van der Waals surface area contributed by atoms with Gasteiger partial charge in [0.15, 0.2) is 5.66 Å². The van der Waals surface area contributed by atoms with Crippen molar-refractivity contribution in [1.29, 1.82) is 0 Å². The lowest BCUT2D eigenvalue weighted by Crippen LogP contribution is -2.39. The van der Waals surface area contributed by atoms with Gasteiger partial charge in [0.05, 0.1) is 35.9 Å². The van der Waals surface area contributed by atoms with Crippen LogP contribution in [0.4, 0.5) is 15.8 Å². The molecule has 0 spiro atoms. The third kappa shape index (κ3) is 2.88. The van der Waals surface area contributed by atoms with E-state index in [4.69, 9.17) is 32.5 Å². The number of aliphatic imine (C=N–C) groups is 1. The van der Waals surface area contributed by atoms with Crippen LogP contribution in [0.5, 0.6) is 5.75 Å². The van der Waals surface area contributed by atoms with E-state index in [1.54, 1.807) is 18.2 Å². The van der Waals surface area contributed by atoms with Crippen molar-refractivity contribution >= 4 is 29.3 Å². The number of nitrogens with one attached hydrogen (secondary N) is 1. The molecule has 1 unspecified atom stereocenters. The van der Waals surface area contributed by atoms with Gasteiger partial charge in [-0.25, -0.2) is 9.38 Å². The molecule has 2 aliphatic rings. The summed E-state index contributed by atoms with van der Waals surface area (Å²) in [6.45, 7) is 1.22. The molecule has 2 heterocycles. The Morgan fingerprint density at radius 2 is 2.19 bits per heavy atom. The van der Waals surface area contributed by atoms with Gasteiger partial charge in [-0.15, -0.1) is 0 Å². The van der Waals surface area contributed by atoms with E-state index in [1.165, 1.54) is 18.5 Å². The van der Waals surface area contributed by atoms with E-state index in [0.29, 0.717) is 41.5 Å². The van der Waals surface area contributed by atoms with Crippen LogP contribution in [0, 0.1) is 5.82 Å². The molecule has 2 aromatic carbocycles. The highest BCUT2D eigenvalue weighted by Gasteiger charge is 2.35. The second kappa shape index (κ2) is 6.42. The first-order valence-electron chi connectivity index (χ1n) is 8.20. The lowest BCUT2D eigenvalue weighted by Gasteiger charge is -2.32. The number of hydrogen-bond acceptors (Lipinski definition) is 6. The summed E-state index contributed by atoms with van der Waals surface area (Å²) in [4.78, 5) is 4.36. The van der Waals surface area contributed by atoms with Crippen LogP contribution in [0.1, 0.15) is 17.5 Å². The zero-order valence-corrected chi connectivity index (χ0v) is 14.6. The van der Waals surface area contributed by atoms with E-state index < -0.39 is 11.5 Å². The minimum atomic E-state index is -1.24. The Morgan fingerprint density at radius 3 is 2.92 bits per heavy atom. The van der Waals surface area contributed by atoms with Gasteiger partial charge in [-0.05, 0) is 18.2 Å². The third-order valence-corrected chi connectivity index (χ3v) is 4.88. The number of anilines is 2. The van der Waals surface area contributed by atoms with Crippen LogP contribution in [0.2, 0.25) is 5.02 Å². The van der Waals surface area contributed by atoms with Gasteiger partial charge in [0, 0.05) is 23.6 Å². The molecular formula is C18H18ClFN4O2.